The van der Waals surface area contributed by atoms with Gasteiger partial charge in [-0.15, -0.1) is 10.2 Å². The maximum atomic E-state index is 12.7. The number of nitrogens with two attached hydrogens (primary N) is 1. The summed E-state index contributed by atoms with van der Waals surface area (Å²) in [6.45, 7) is 0. The summed E-state index contributed by atoms with van der Waals surface area (Å²) in [6, 6.07) is 1.30. The number of anilines is 1. The number of hydrogen-bond acceptors (Lipinski definition) is 4. The SMILES string of the molecule is Nc1nncn1-c1cncc(F)c1. The molecule has 0 amide bonds. The van der Waals surface area contributed by atoms with Crippen molar-refractivity contribution in [1.82, 2.24) is 19.7 Å². The number of nitrogen functional groups attached to an aromatic ring is 1. The lowest BCUT2D eigenvalue weighted by atomic mass is 10.4. The predicted molar refractivity (Wildman–Crippen MR) is 43.5 cm³/mol. The summed E-state index contributed by atoms with van der Waals surface area (Å²) >= 11 is 0. The highest BCUT2D eigenvalue weighted by molar-refractivity contribution is 5.35. The third-order valence-electron chi connectivity index (χ3n) is 1.54. The molecule has 0 aliphatic rings. The van der Waals surface area contributed by atoms with E-state index in [-0.39, 0.29) is 5.95 Å². The molecule has 0 fully saturated rings. The average molecular weight is 179 g/mol. The Morgan fingerprint density at radius 1 is 1.38 bits per heavy atom. The van der Waals surface area contributed by atoms with Gasteiger partial charge in [0.25, 0.3) is 0 Å². The van der Waals surface area contributed by atoms with Crippen molar-refractivity contribution in [3.8, 4) is 5.69 Å². The summed E-state index contributed by atoms with van der Waals surface area (Å²) in [5.41, 5.74) is 5.96. The Hall–Kier alpha value is -1.98. The minimum absolute atomic E-state index is 0.201. The van der Waals surface area contributed by atoms with Crippen LogP contribution in [0.2, 0.25) is 0 Å². The molecule has 0 bridgehead atoms. The zero-order valence-electron chi connectivity index (χ0n) is 6.55. The Kier molecular flexibility index (Phi) is 1.66. The van der Waals surface area contributed by atoms with E-state index in [1.54, 1.807) is 0 Å². The van der Waals surface area contributed by atoms with Gasteiger partial charge in [0.15, 0.2) is 0 Å². The van der Waals surface area contributed by atoms with Crippen LogP contribution < -0.4 is 5.73 Å². The van der Waals surface area contributed by atoms with Gasteiger partial charge in [-0.05, 0) is 0 Å². The van der Waals surface area contributed by atoms with Crippen molar-refractivity contribution in [2.75, 3.05) is 5.73 Å². The van der Waals surface area contributed by atoms with Gasteiger partial charge in [-0.3, -0.25) is 9.55 Å². The summed E-state index contributed by atoms with van der Waals surface area (Å²) in [4.78, 5) is 3.67. The maximum Gasteiger partial charge on any atom is 0.226 e. The second kappa shape index (κ2) is 2.81. The van der Waals surface area contributed by atoms with Crippen LogP contribution in [0.25, 0.3) is 5.69 Å². The van der Waals surface area contributed by atoms with E-state index in [2.05, 4.69) is 15.2 Å². The molecule has 0 aliphatic carbocycles. The Bertz CT molecular complexity index is 424. The highest BCUT2D eigenvalue weighted by atomic mass is 19.1. The summed E-state index contributed by atoms with van der Waals surface area (Å²) < 4.78 is 14.2. The van der Waals surface area contributed by atoms with E-state index in [1.165, 1.54) is 23.2 Å². The number of rotatable bonds is 1. The summed E-state index contributed by atoms with van der Waals surface area (Å²) in [7, 11) is 0. The van der Waals surface area contributed by atoms with Crippen LogP contribution in [-0.4, -0.2) is 19.7 Å². The standard InChI is InChI=1S/C7H6FN5/c8-5-1-6(3-10-2-5)13-4-11-12-7(13)9/h1-4H,(H2,9,12). The highest BCUT2D eigenvalue weighted by Gasteiger charge is 2.02. The highest BCUT2D eigenvalue weighted by Crippen LogP contribution is 2.09. The van der Waals surface area contributed by atoms with Gasteiger partial charge in [0.2, 0.25) is 5.95 Å². The van der Waals surface area contributed by atoms with Gasteiger partial charge in [-0.25, -0.2) is 4.39 Å². The molecule has 0 radical (unpaired) electrons. The van der Waals surface area contributed by atoms with Crippen molar-refractivity contribution in [3.63, 3.8) is 0 Å². The second-order valence-corrected chi connectivity index (χ2v) is 2.42. The molecule has 2 heterocycles. The van der Waals surface area contributed by atoms with Crippen LogP contribution in [0.5, 0.6) is 0 Å². The fourth-order valence-electron chi connectivity index (χ4n) is 0.975. The summed E-state index contributed by atoms with van der Waals surface area (Å²) in [5.74, 6) is -0.224. The van der Waals surface area contributed by atoms with Crippen LogP contribution in [0.4, 0.5) is 10.3 Å². The van der Waals surface area contributed by atoms with Gasteiger partial charge in [0.05, 0.1) is 18.1 Å². The first kappa shape index (κ1) is 7.66. The molecular formula is C7H6FN5. The summed E-state index contributed by atoms with van der Waals surface area (Å²) in [5, 5.41) is 7.13. The monoisotopic (exact) mass is 179 g/mol. The number of nitrogens with zero attached hydrogens (tertiary/aromatic N) is 4. The molecule has 0 aliphatic heterocycles. The Balaban J connectivity index is 2.53. The van der Waals surface area contributed by atoms with Crippen molar-refractivity contribution in [3.05, 3.63) is 30.6 Å². The number of aromatic nitrogens is 4. The zero-order chi connectivity index (χ0) is 9.26. The normalized spacial score (nSPS) is 10.2. The molecule has 2 rings (SSSR count). The molecule has 0 saturated carbocycles. The third kappa shape index (κ3) is 1.33. The largest absolute Gasteiger partial charge is 0.368 e. The average Bonchev–Trinajstić information content (AvgIpc) is 2.51. The van der Waals surface area contributed by atoms with Gasteiger partial charge in [-0.1, -0.05) is 0 Å². The Morgan fingerprint density at radius 2 is 2.23 bits per heavy atom. The van der Waals surface area contributed by atoms with E-state index in [0.29, 0.717) is 5.69 Å². The lowest BCUT2D eigenvalue weighted by molar-refractivity contribution is 0.620. The minimum atomic E-state index is -0.425. The molecule has 0 saturated heterocycles. The van der Waals surface area contributed by atoms with Gasteiger partial charge in [0, 0.05) is 6.07 Å². The van der Waals surface area contributed by atoms with Crippen molar-refractivity contribution < 1.29 is 4.39 Å². The van der Waals surface area contributed by atoms with Crippen molar-refractivity contribution in [1.29, 1.82) is 0 Å². The number of hydrogen-bond donors (Lipinski definition) is 1. The van der Waals surface area contributed by atoms with E-state index in [4.69, 9.17) is 5.73 Å². The van der Waals surface area contributed by atoms with Gasteiger partial charge < -0.3 is 5.73 Å². The van der Waals surface area contributed by atoms with Crippen molar-refractivity contribution >= 4 is 5.95 Å². The molecule has 2 aromatic rings. The zero-order valence-corrected chi connectivity index (χ0v) is 6.55. The van der Waals surface area contributed by atoms with E-state index < -0.39 is 5.82 Å². The van der Waals surface area contributed by atoms with Gasteiger partial charge in [0.1, 0.15) is 12.1 Å². The molecule has 66 valence electrons. The Morgan fingerprint density at radius 3 is 2.85 bits per heavy atom. The molecule has 6 heteroatoms. The van der Waals surface area contributed by atoms with Crippen LogP contribution >= 0.6 is 0 Å². The third-order valence-corrected chi connectivity index (χ3v) is 1.54. The van der Waals surface area contributed by atoms with E-state index >= 15 is 0 Å². The molecule has 0 aromatic carbocycles. The molecule has 5 nitrogen and oxygen atoms in total. The van der Waals surface area contributed by atoms with Crippen LogP contribution in [0, 0.1) is 5.82 Å². The number of halogens is 1. The Labute approximate surface area is 73.0 Å². The fraction of sp³-hybridized carbons (Fsp3) is 0. The first-order valence-corrected chi connectivity index (χ1v) is 3.54. The van der Waals surface area contributed by atoms with Crippen molar-refractivity contribution in [2.45, 2.75) is 0 Å². The molecule has 13 heavy (non-hydrogen) atoms. The lowest BCUT2D eigenvalue weighted by Gasteiger charge is -2.01. The molecule has 0 atom stereocenters. The maximum absolute atomic E-state index is 12.7. The predicted octanol–water partition coefficient (Wildman–Crippen LogP) is 0.384. The van der Waals surface area contributed by atoms with E-state index in [1.807, 2.05) is 0 Å². The van der Waals surface area contributed by atoms with Crippen LogP contribution in [0.15, 0.2) is 24.8 Å². The molecular weight excluding hydrogens is 173 g/mol. The first-order chi connectivity index (χ1) is 6.27. The van der Waals surface area contributed by atoms with Gasteiger partial charge in [-0.2, -0.15) is 0 Å². The topological polar surface area (TPSA) is 69.6 Å². The first-order valence-electron chi connectivity index (χ1n) is 3.54. The molecule has 2 aromatic heterocycles. The lowest BCUT2D eigenvalue weighted by Crippen LogP contribution is -2.00. The summed E-state index contributed by atoms with van der Waals surface area (Å²) in [6.07, 6.45) is 3.98. The smallest absolute Gasteiger partial charge is 0.226 e. The van der Waals surface area contributed by atoms with Crippen LogP contribution in [0.3, 0.4) is 0 Å². The molecule has 2 N–H and O–H groups in total. The van der Waals surface area contributed by atoms with E-state index in [0.717, 1.165) is 6.20 Å². The van der Waals surface area contributed by atoms with Crippen LogP contribution in [0.1, 0.15) is 0 Å². The molecule has 0 spiro atoms. The number of pyridine rings is 1. The molecule has 0 unspecified atom stereocenters. The van der Waals surface area contributed by atoms with Crippen molar-refractivity contribution in [2.24, 2.45) is 0 Å². The van der Waals surface area contributed by atoms with E-state index in [9.17, 15) is 4.39 Å². The quantitative estimate of drug-likeness (QED) is 0.687. The van der Waals surface area contributed by atoms with Gasteiger partial charge >= 0.3 is 0 Å². The second-order valence-electron chi connectivity index (χ2n) is 2.42. The fourth-order valence-corrected chi connectivity index (χ4v) is 0.975. The minimum Gasteiger partial charge on any atom is -0.368 e. The van der Waals surface area contributed by atoms with Crippen LogP contribution in [-0.2, 0) is 0 Å².